The molecule has 4 rings (SSSR count). The highest BCUT2D eigenvalue weighted by molar-refractivity contribution is 5.43. The molecule has 0 bridgehead atoms. The van der Waals surface area contributed by atoms with E-state index in [0.717, 1.165) is 16.8 Å². The van der Waals surface area contributed by atoms with Crippen LogP contribution in [0.25, 0.3) is 0 Å². The second-order valence-corrected chi connectivity index (χ2v) is 6.70. The molecule has 136 valence electrons. The van der Waals surface area contributed by atoms with Crippen molar-refractivity contribution < 1.29 is 17.9 Å². The molecule has 0 unspecified atom stereocenters. The molecular formula is C20H19F3N2O. The third kappa shape index (κ3) is 3.64. The van der Waals surface area contributed by atoms with Crippen molar-refractivity contribution in [1.29, 1.82) is 0 Å². The lowest BCUT2D eigenvalue weighted by atomic mass is 9.97. The van der Waals surface area contributed by atoms with E-state index >= 15 is 0 Å². The summed E-state index contributed by atoms with van der Waals surface area (Å²) in [6.07, 6.45) is -1.90. The zero-order valence-corrected chi connectivity index (χ0v) is 14.2. The maximum Gasteiger partial charge on any atom is 0.401 e. The zero-order valence-electron chi connectivity index (χ0n) is 14.2. The predicted octanol–water partition coefficient (Wildman–Crippen LogP) is 3.60. The van der Waals surface area contributed by atoms with Gasteiger partial charge in [-0.1, -0.05) is 30.0 Å². The third-order valence-electron chi connectivity index (χ3n) is 4.89. The molecule has 26 heavy (non-hydrogen) atoms. The molecule has 2 atom stereocenters. The van der Waals surface area contributed by atoms with Gasteiger partial charge in [0.1, 0.15) is 6.10 Å². The van der Waals surface area contributed by atoms with Crippen LogP contribution >= 0.6 is 0 Å². The van der Waals surface area contributed by atoms with Crippen molar-refractivity contribution >= 4 is 0 Å². The summed E-state index contributed by atoms with van der Waals surface area (Å²) in [6.45, 7) is 0.440. The number of benzene rings is 1. The van der Waals surface area contributed by atoms with Gasteiger partial charge < -0.3 is 9.30 Å². The van der Waals surface area contributed by atoms with Crippen LogP contribution in [0, 0.1) is 11.8 Å². The Morgan fingerprint density at radius 3 is 2.62 bits per heavy atom. The van der Waals surface area contributed by atoms with Gasteiger partial charge in [0.05, 0.1) is 13.2 Å². The predicted molar refractivity (Wildman–Crippen MR) is 91.6 cm³/mol. The first-order valence-electron chi connectivity index (χ1n) is 8.69. The van der Waals surface area contributed by atoms with E-state index < -0.39 is 12.7 Å². The fraction of sp³-hybridized carbons (Fsp3) is 0.400. The van der Waals surface area contributed by atoms with Crippen LogP contribution in [0.15, 0.2) is 42.6 Å². The van der Waals surface area contributed by atoms with Gasteiger partial charge in [0.25, 0.3) is 0 Å². The highest BCUT2D eigenvalue weighted by atomic mass is 19.4. The number of rotatable bonds is 1. The standard InChI is InChI=1S/C20H19F3N2O/c21-20(22,23)14-25-10-11-26-19-17(25)8-9-24-13-16(12-18(19)24)7-6-15-4-2-1-3-5-15/h1-5,12-13,17,19H,8-11,14H2/t17-,19-/m0/s1. The van der Waals surface area contributed by atoms with Crippen LogP contribution in [0.5, 0.6) is 0 Å². The number of nitrogens with zero attached hydrogens (tertiary/aromatic N) is 2. The van der Waals surface area contributed by atoms with Crippen LogP contribution < -0.4 is 0 Å². The minimum atomic E-state index is -4.19. The molecule has 0 saturated carbocycles. The molecule has 1 saturated heterocycles. The first kappa shape index (κ1) is 17.2. The van der Waals surface area contributed by atoms with Gasteiger partial charge in [-0.15, -0.1) is 0 Å². The van der Waals surface area contributed by atoms with E-state index in [1.165, 1.54) is 4.90 Å². The van der Waals surface area contributed by atoms with Crippen LogP contribution in [-0.2, 0) is 11.3 Å². The lowest BCUT2D eigenvalue weighted by Crippen LogP contribution is -2.52. The quantitative estimate of drug-likeness (QED) is 0.723. The van der Waals surface area contributed by atoms with E-state index in [1.807, 2.05) is 42.6 Å². The lowest BCUT2D eigenvalue weighted by molar-refractivity contribution is -0.176. The molecule has 6 heteroatoms. The van der Waals surface area contributed by atoms with E-state index in [-0.39, 0.29) is 12.1 Å². The first-order chi connectivity index (χ1) is 12.5. The molecule has 0 radical (unpaired) electrons. The Morgan fingerprint density at radius 2 is 1.85 bits per heavy atom. The minimum Gasteiger partial charge on any atom is -0.369 e. The van der Waals surface area contributed by atoms with Crippen LogP contribution in [0.3, 0.4) is 0 Å². The molecule has 1 fully saturated rings. The van der Waals surface area contributed by atoms with Gasteiger partial charge >= 0.3 is 6.18 Å². The van der Waals surface area contributed by atoms with Gasteiger partial charge in [0.15, 0.2) is 0 Å². The Balaban J connectivity index is 1.56. The Morgan fingerprint density at radius 1 is 1.08 bits per heavy atom. The molecule has 2 aliphatic rings. The third-order valence-corrected chi connectivity index (χ3v) is 4.89. The second kappa shape index (κ2) is 6.82. The number of alkyl halides is 3. The van der Waals surface area contributed by atoms with Gasteiger partial charge in [-0.25, -0.2) is 0 Å². The van der Waals surface area contributed by atoms with Crippen molar-refractivity contribution in [2.75, 3.05) is 19.7 Å². The Hall–Kier alpha value is -2.23. The van der Waals surface area contributed by atoms with Crippen molar-refractivity contribution in [1.82, 2.24) is 9.47 Å². The molecule has 0 aliphatic carbocycles. The van der Waals surface area contributed by atoms with Crippen molar-refractivity contribution in [3.05, 3.63) is 59.4 Å². The van der Waals surface area contributed by atoms with Crippen LogP contribution in [0.2, 0.25) is 0 Å². The highest BCUT2D eigenvalue weighted by Crippen LogP contribution is 2.37. The smallest absolute Gasteiger partial charge is 0.369 e. The molecule has 1 aromatic carbocycles. The van der Waals surface area contributed by atoms with Gasteiger partial charge in [-0.05, 0) is 24.6 Å². The molecule has 2 aliphatic heterocycles. The summed E-state index contributed by atoms with van der Waals surface area (Å²) in [5.74, 6) is 6.26. The summed E-state index contributed by atoms with van der Waals surface area (Å²) in [6, 6.07) is 11.4. The highest BCUT2D eigenvalue weighted by Gasteiger charge is 2.42. The van der Waals surface area contributed by atoms with Gasteiger partial charge in [-0.3, -0.25) is 4.90 Å². The molecule has 0 amide bonds. The normalized spacial score (nSPS) is 22.9. The largest absolute Gasteiger partial charge is 0.401 e. The number of ether oxygens (including phenoxy) is 1. The monoisotopic (exact) mass is 360 g/mol. The summed E-state index contributed by atoms with van der Waals surface area (Å²) in [7, 11) is 0. The molecular weight excluding hydrogens is 341 g/mol. The molecule has 0 N–H and O–H groups in total. The zero-order chi connectivity index (χ0) is 18.1. The number of hydrogen-bond acceptors (Lipinski definition) is 2. The minimum absolute atomic E-state index is 0.234. The summed E-state index contributed by atoms with van der Waals surface area (Å²) >= 11 is 0. The van der Waals surface area contributed by atoms with E-state index in [1.54, 1.807) is 0 Å². The number of fused-ring (bicyclic) bond motifs is 3. The van der Waals surface area contributed by atoms with Crippen molar-refractivity contribution in [3.8, 4) is 11.8 Å². The summed E-state index contributed by atoms with van der Waals surface area (Å²) in [5.41, 5.74) is 2.71. The first-order valence-corrected chi connectivity index (χ1v) is 8.69. The van der Waals surface area contributed by atoms with Crippen molar-refractivity contribution in [2.24, 2.45) is 0 Å². The van der Waals surface area contributed by atoms with E-state index in [4.69, 9.17) is 4.74 Å². The molecule has 3 nitrogen and oxygen atoms in total. The maximum absolute atomic E-state index is 12.9. The lowest BCUT2D eigenvalue weighted by Gasteiger charge is -2.44. The Labute approximate surface area is 150 Å². The maximum atomic E-state index is 12.9. The fourth-order valence-corrected chi connectivity index (χ4v) is 3.78. The topological polar surface area (TPSA) is 17.4 Å². The fourth-order valence-electron chi connectivity index (χ4n) is 3.78. The summed E-state index contributed by atoms with van der Waals surface area (Å²) in [5, 5.41) is 0. The molecule has 2 aromatic rings. The number of morpholine rings is 1. The Kier molecular flexibility index (Phi) is 4.51. The molecule has 1 aromatic heterocycles. The van der Waals surface area contributed by atoms with E-state index in [0.29, 0.717) is 26.1 Å². The average Bonchev–Trinajstić information content (AvgIpc) is 3.03. The van der Waals surface area contributed by atoms with Crippen molar-refractivity contribution in [2.45, 2.75) is 31.3 Å². The summed E-state index contributed by atoms with van der Waals surface area (Å²) < 4.78 is 46.5. The Bertz CT molecular complexity index is 832. The van der Waals surface area contributed by atoms with Gasteiger partial charge in [0.2, 0.25) is 0 Å². The van der Waals surface area contributed by atoms with E-state index in [9.17, 15) is 13.2 Å². The van der Waals surface area contributed by atoms with Gasteiger partial charge in [-0.2, -0.15) is 13.2 Å². The average molecular weight is 360 g/mol. The van der Waals surface area contributed by atoms with Crippen LogP contribution in [0.4, 0.5) is 13.2 Å². The van der Waals surface area contributed by atoms with Crippen LogP contribution in [0.1, 0.15) is 29.3 Å². The van der Waals surface area contributed by atoms with E-state index in [2.05, 4.69) is 16.4 Å². The van der Waals surface area contributed by atoms with Crippen molar-refractivity contribution in [3.63, 3.8) is 0 Å². The van der Waals surface area contributed by atoms with Crippen LogP contribution in [-0.4, -0.2) is 41.4 Å². The van der Waals surface area contributed by atoms with Gasteiger partial charge in [0, 0.05) is 42.1 Å². The molecule has 3 heterocycles. The summed E-state index contributed by atoms with van der Waals surface area (Å²) in [4.78, 5) is 1.51. The SMILES string of the molecule is FC(F)(F)CN1CCO[C@@H]2c3cc(C#Cc4ccccc4)cn3CC[C@@H]21. The molecule has 0 spiro atoms. The second-order valence-electron chi connectivity index (χ2n) is 6.70. The number of aromatic nitrogens is 1. The number of hydrogen-bond donors (Lipinski definition) is 0. The number of aryl methyl sites for hydroxylation is 1. The number of halogens is 3.